The Morgan fingerprint density at radius 3 is 0.872 bits per heavy atom. The van der Waals surface area contributed by atoms with E-state index in [9.17, 15) is 18.8 Å². The Balaban J connectivity index is 3.97. The van der Waals surface area contributed by atoms with Crippen LogP contribution in [0.1, 0.15) is 0 Å². The van der Waals surface area contributed by atoms with Gasteiger partial charge in [0.2, 0.25) is 0 Å². The van der Waals surface area contributed by atoms with Crippen LogP contribution in [0.5, 0.6) is 0 Å². The zero-order chi connectivity index (χ0) is 30.3. The van der Waals surface area contributed by atoms with Crippen molar-refractivity contribution in [3.8, 4) is 0 Å². The van der Waals surface area contributed by atoms with Crippen LogP contribution in [0, 0.1) is 0 Å². The minimum absolute atomic E-state index is 0.305. The maximum atomic E-state index is 14.2. The average Bonchev–Trinajstić information content (AvgIpc) is 2.71. The fourth-order valence-electron chi connectivity index (χ4n) is 3.99. The van der Waals surface area contributed by atoms with Crippen molar-refractivity contribution >= 4 is 71.9 Å². The van der Waals surface area contributed by atoms with Gasteiger partial charge in [-0.05, 0) is 78.6 Å². The maximum absolute atomic E-state index is 14.2. The zero-order valence-electron chi connectivity index (χ0n) is 25.5. The van der Waals surface area contributed by atoms with Crippen molar-refractivity contribution in [2.75, 3.05) is 0 Å². The lowest BCUT2D eigenvalue weighted by molar-refractivity contribution is 0.241. The van der Waals surface area contributed by atoms with Crippen LogP contribution in [-0.4, -0.2) is 85.6 Å². The molecule has 0 amide bonds. The normalized spacial score (nSPS) is 13.3. The highest BCUT2D eigenvalue weighted by atomic mass is 28.5. The van der Waals surface area contributed by atoms with E-state index >= 15 is 0 Å². The lowest BCUT2D eigenvalue weighted by Crippen LogP contribution is -2.65. The van der Waals surface area contributed by atoms with E-state index < -0.39 is 95.7 Å². The number of alkyl halides is 1. The monoisotopic (exact) mass is 693 g/mol. The quantitative estimate of drug-likeness (QED) is 0.209. The number of hydrogen-bond donors (Lipinski definition) is 0. The Hall–Kier alpha value is -0.165. The minimum atomic E-state index is -3.57. The Labute approximate surface area is 243 Å². The zero-order valence-corrected chi connectivity index (χ0v) is 34.4. The molecule has 1 heterocycles. The van der Waals surface area contributed by atoms with Crippen LogP contribution in [0.4, 0.5) is 4.39 Å². The lowest BCUT2D eigenvalue weighted by atomic mass is 10.8. The number of aromatic nitrogens is 3. The Morgan fingerprint density at radius 1 is 0.487 bits per heavy atom. The smallest absolute Gasteiger partial charge is 0.419 e. The molecule has 0 aliphatic heterocycles. The summed E-state index contributed by atoms with van der Waals surface area (Å²) in [7, 11) is -17.7. The van der Waals surface area contributed by atoms with Gasteiger partial charge in [-0.25, -0.2) is 32.5 Å². The van der Waals surface area contributed by atoms with E-state index in [1.807, 2.05) is 78.6 Å². The van der Waals surface area contributed by atoms with Crippen molar-refractivity contribution < 1.29 is 29.1 Å². The third kappa shape index (κ3) is 11.2. The molecule has 21 heteroatoms. The summed E-state index contributed by atoms with van der Waals surface area (Å²) in [6, 6.07) is 0. The summed E-state index contributed by atoms with van der Waals surface area (Å²) >= 11 is 0. The summed E-state index contributed by atoms with van der Waals surface area (Å²) < 4.78 is 54.3. The van der Waals surface area contributed by atoms with E-state index in [-0.39, 0.29) is 12.3 Å². The molecule has 1 aromatic heterocycles. The lowest BCUT2D eigenvalue weighted by Gasteiger charge is -2.36. The Morgan fingerprint density at radius 2 is 0.692 bits per heavy atom. The molecule has 0 radical (unpaired) electrons. The van der Waals surface area contributed by atoms with Crippen LogP contribution in [-0.2, 0) is 43.8 Å². The van der Waals surface area contributed by atoms with Gasteiger partial charge >= 0.3 is 34.7 Å². The molecule has 0 fully saturated rings. The van der Waals surface area contributed by atoms with Crippen molar-refractivity contribution in [2.45, 2.75) is 97.7 Å². The molecule has 0 aliphatic rings. The van der Waals surface area contributed by atoms with Crippen LogP contribution in [0.2, 0.25) is 78.6 Å². The Kier molecular flexibility index (Phi) is 15.0. The van der Waals surface area contributed by atoms with Gasteiger partial charge in [0, 0.05) is 0 Å². The van der Waals surface area contributed by atoms with Crippen LogP contribution in [0.25, 0.3) is 0 Å². The van der Waals surface area contributed by atoms with E-state index in [0.29, 0.717) is 4.57 Å². The molecule has 12 nitrogen and oxygen atoms in total. The summed E-state index contributed by atoms with van der Waals surface area (Å²) in [5.74, 6) is 0. The second-order valence-electron chi connectivity index (χ2n) is 10.9. The molecule has 0 N–H and O–H groups in total. The molecular weight excluding hydrogens is 646 g/mol. The van der Waals surface area contributed by atoms with Crippen molar-refractivity contribution in [3.63, 3.8) is 0 Å². The third-order valence-corrected chi connectivity index (χ3v) is 26.0. The summed E-state index contributed by atoms with van der Waals surface area (Å²) in [6.45, 7) is 22.0. The van der Waals surface area contributed by atoms with Gasteiger partial charge in [0.15, 0.2) is 61.0 Å². The first-order valence-electron chi connectivity index (χ1n) is 13.4. The summed E-state index contributed by atoms with van der Waals surface area (Å²) in [6.07, 6.45) is -0.610. The fraction of sp³-hybridized carbons (Fsp3) is 0.833. The first-order chi connectivity index (χ1) is 17.9. The highest BCUT2D eigenvalue weighted by molar-refractivity contribution is 6.80. The van der Waals surface area contributed by atoms with Crippen molar-refractivity contribution in [1.82, 2.24) is 13.7 Å². The highest BCUT2D eigenvalue weighted by Gasteiger charge is 2.47. The molecular formula is C18H48FN3O9Si8. The maximum Gasteiger partial charge on any atom is 0.490 e. The largest absolute Gasteiger partial charge is 0.490 e. The summed E-state index contributed by atoms with van der Waals surface area (Å²) in [5, 5.41) is 0. The molecule has 0 saturated carbocycles. The van der Waals surface area contributed by atoms with Gasteiger partial charge in [0.05, 0.1) is 0 Å². The predicted molar refractivity (Wildman–Crippen MR) is 172 cm³/mol. The number of hydrogen-bond acceptors (Lipinski definition) is 9. The van der Waals surface area contributed by atoms with E-state index in [0.717, 1.165) is 9.13 Å². The van der Waals surface area contributed by atoms with Gasteiger partial charge in [-0.1, -0.05) is 0 Å². The van der Waals surface area contributed by atoms with Gasteiger partial charge in [-0.3, -0.25) is 0 Å². The van der Waals surface area contributed by atoms with Gasteiger partial charge in [-0.15, -0.1) is 0 Å². The first-order valence-corrected chi connectivity index (χ1v) is 34.0. The molecule has 0 aliphatic carbocycles. The van der Waals surface area contributed by atoms with E-state index in [1.165, 1.54) is 0 Å². The van der Waals surface area contributed by atoms with Gasteiger partial charge in [0.1, 0.15) is 12.3 Å². The van der Waals surface area contributed by atoms with Crippen LogP contribution < -0.4 is 17.1 Å². The topological polar surface area (TPSA) is 121 Å². The average molecular weight is 694 g/mol. The van der Waals surface area contributed by atoms with Crippen LogP contribution >= 0.6 is 0 Å². The molecule has 0 saturated heterocycles. The number of nitrogens with zero attached hydrogens (tertiary/aromatic N) is 3. The SMILES string of the molecule is C[SiH](C)O[Si](Cn1c(=O)n(CF)c(=O)n(C[Si](O[SiH](C)C)(O[SiH](C)C)O[SiH](C)C)c1=O)(O[SiH](C)C)O[SiH](C)C. The molecule has 0 bridgehead atoms. The number of rotatable bonds is 17. The van der Waals surface area contributed by atoms with Crippen molar-refractivity contribution in [3.05, 3.63) is 31.5 Å². The van der Waals surface area contributed by atoms with Gasteiger partial charge in [-0.2, -0.15) is 0 Å². The first kappa shape index (κ1) is 36.9. The second kappa shape index (κ2) is 15.9. The van der Waals surface area contributed by atoms with Crippen LogP contribution in [0.3, 0.4) is 0 Å². The van der Waals surface area contributed by atoms with E-state index in [4.69, 9.17) is 24.7 Å². The standard InChI is InChI=1S/C18H48FN3O9Si8/c1-32(2)26-38(27-33(3)4,28-34(5)6)14-21-16(23)20(13-19)17(24)22(18(21)25)15-39(29-35(7)8,30-36(9)10)31-37(11)12/h32-37H,13-15H2,1-12H3. The van der Waals surface area contributed by atoms with Crippen molar-refractivity contribution in [1.29, 1.82) is 0 Å². The number of halogens is 1. The molecule has 228 valence electrons. The molecule has 0 atom stereocenters. The third-order valence-electron chi connectivity index (χ3n) is 4.70. The van der Waals surface area contributed by atoms with Crippen molar-refractivity contribution in [2.24, 2.45) is 0 Å². The minimum Gasteiger partial charge on any atom is -0.419 e. The summed E-state index contributed by atoms with van der Waals surface area (Å²) in [5.41, 5.74) is -3.04. The molecule has 0 aromatic carbocycles. The van der Waals surface area contributed by atoms with Crippen LogP contribution in [0.15, 0.2) is 14.4 Å². The highest BCUT2D eigenvalue weighted by Crippen LogP contribution is 2.18. The second-order valence-corrected chi connectivity index (χ2v) is 32.5. The van der Waals surface area contributed by atoms with Gasteiger partial charge < -0.3 is 24.7 Å². The molecule has 0 spiro atoms. The molecule has 1 rings (SSSR count). The summed E-state index contributed by atoms with van der Waals surface area (Å²) in [4.78, 5) is 40.6. The van der Waals surface area contributed by atoms with E-state index in [2.05, 4.69) is 0 Å². The molecule has 0 unspecified atom stereocenters. The van der Waals surface area contributed by atoms with E-state index in [1.54, 1.807) is 0 Å². The molecule has 1 aromatic rings. The fourth-order valence-corrected chi connectivity index (χ4v) is 28.7. The molecule has 39 heavy (non-hydrogen) atoms. The van der Waals surface area contributed by atoms with Gasteiger partial charge in [0.25, 0.3) is 0 Å². The predicted octanol–water partition coefficient (Wildman–Crippen LogP) is 0.0549. The Bertz CT molecular complexity index is 966.